The van der Waals surface area contributed by atoms with Gasteiger partial charge in [0.25, 0.3) is 0 Å². The van der Waals surface area contributed by atoms with Crippen molar-refractivity contribution in [2.24, 2.45) is 4.99 Å². The molecule has 0 saturated heterocycles. The molecule has 1 aromatic heterocycles. The van der Waals surface area contributed by atoms with Gasteiger partial charge in [-0.05, 0) is 24.8 Å². The van der Waals surface area contributed by atoms with Crippen LogP contribution >= 0.6 is 0 Å². The minimum absolute atomic E-state index is 0.903. The van der Waals surface area contributed by atoms with Gasteiger partial charge in [-0.25, -0.2) is 0 Å². The number of hydrogen-bond acceptors (Lipinski definition) is 1. The summed E-state index contributed by atoms with van der Waals surface area (Å²) in [5.74, 6) is 0. The molecule has 0 amide bonds. The van der Waals surface area contributed by atoms with Crippen LogP contribution in [0.1, 0.15) is 25.5 Å². The van der Waals surface area contributed by atoms with Crippen LogP contribution in [0.15, 0.2) is 23.3 Å². The average molecular weight is 164 g/mol. The van der Waals surface area contributed by atoms with Crippen LogP contribution in [0.4, 0.5) is 0 Å². The van der Waals surface area contributed by atoms with Crippen molar-refractivity contribution in [3.63, 3.8) is 0 Å². The van der Waals surface area contributed by atoms with Gasteiger partial charge < -0.3 is 4.98 Å². The second kappa shape index (κ2) is 5.58. The van der Waals surface area contributed by atoms with Gasteiger partial charge in [0.05, 0.1) is 0 Å². The number of unbranched alkanes of at least 4 members (excludes halogenated alkanes) is 1. The van der Waals surface area contributed by atoms with E-state index in [1.807, 2.05) is 18.5 Å². The van der Waals surface area contributed by atoms with Gasteiger partial charge in [0.2, 0.25) is 0 Å². The summed E-state index contributed by atoms with van der Waals surface area (Å²) >= 11 is 0. The Bertz CT molecular complexity index is 212. The van der Waals surface area contributed by atoms with E-state index in [4.69, 9.17) is 0 Å². The lowest BCUT2D eigenvalue weighted by atomic mass is 10.3. The standard InChI is InChI=1S/C10H16N2/c1-2-3-7-11-9-6-10-5-4-8-12-10/h4-5,7-8,12H,2-3,6,9H2,1H3. The smallest absolute Gasteiger partial charge is 0.0440 e. The summed E-state index contributed by atoms with van der Waals surface area (Å²) in [5, 5.41) is 0. The molecular formula is C10H16N2. The predicted molar refractivity (Wildman–Crippen MR) is 52.8 cm³/mol. The predicted octanol–water partition coefficient (Wildman–Crippen LogP) is 2.43. The number of H-pyrrole nitrogens is 1. The maximum atomic E-state index is 4.29. The van der Waals surface area contributed by atoms with Crippen molar-refractivity contribution in [3.05, 3.63) is 24.0 Å². The van der Waals surface area contributed by atoms with Crippen LogP contribution in [0.5, 0.6) is 0 Å². The van der Waals surface area contributed by atoms with Crippen LogP contribution in [0, 0.1) is 0 Å². The third-order valence-corrected chi connectivity index (χ3v) is 1.72. The first-order valence-electron chi connectivity index (χ1n) is 4.54. The second-order valence-electron chi connectivity index (χ2n) is 2.82. The van der Waals surface area contributed by atoms with Crippen LogP contribution in [-0.2, 0) is 6.42 Å². The number of nitrogens with one attached hydrogen (secondary N) is 1. The molecule has 2 heteroatoms. The van der Waals surface area contributed by atoms with Crippen molar-refractivity contribution in [2.75, 3.05) is 6.54 Å². The highest BCUT2D eigenvalue weighted by Gasteiger charge is 1.88. The lowest BCUT2D eigenvalue weighted by molar-refractivity contribution is 0.924. The number of nitrogens with zero attached hydrogens (tertiary/aromatic N) is 1. The zero-order valence-corrected chi connectivity index (χ0v) is 7.59. The monoisotopic (exact) mass is 164 g/mol. The Morgan fingerprint density at radius 3 is 3.17 bits per heavy atom. The molecule has 0 saturated carbocycles. The van der Waals surface area contributed by atoms with Gasteiger partial charge in [0, 0.05) is 24.9 Å². The van der Waals surface area contributed by atoms with Gasteiger partial charge in [-0.15, -0.1) is 0 Å². The molecule has 0 aliphatic carbocycles. The molecule has 0 aliphatic heterocycles. The summed E-state index contributed by atoms with van der Waals surface area (Å²) in [6.45, 7) is 3.07. The van der Waals surface area contributed by atoms with E-state index in [1.165, 1.54) is 12.1 Å². The van der Waals surface area contributed by atoms with Crippen molar-refractivity contribution < 1.29 is 0 Å². The number of aromatic nitrogens is 1. The van der Waals surface area contributed by atoms with Crippen LogP contribution < -0.4 is 0 Å². The maximum Gasteiger partial charge on any atom is 0.0440 e. The SMILES string of the molecule is CCCC=NCCc1ccc[nH]1. The molecule has 1 rings (SSSR count). The highest BCUT2D eigenvalue weighted by molar-refractivity contribution is 5.56. The van der Waals surface area contributed by atoms with Gasteiger partial charge >= 0.3 is 0 Å². The highest BCUT2D eigenvalue weighted by atomic mass is 14.7. The Kier molecular flexibility index (Phi) is 4.21. The van der Waals surface area contributed by atoms with Crippen molar-refractivity contribution in [3.8, 4) is 0 Å². The van der Waals surface area contributed by atoms with Gasteiger partial charge in [0.15, 0.2) is 0 Å². The molecule has 0 spiro atoms. The number of aliphatic imine (C=N–C) groups is 1. The zero-order chi connectivity index (χ0) is 8.65. The minimum Gasteiger partial charge on any atom is -0.365 e. The molecule has 0 bridgehead atoms. The molecule has 1 aromatic rings. The topological polar surface area (TPSA) is 28.1 Å². The van der Waals surface area contributed by atoms with E-state index in [1.54, 1.807) is 0 Å². The van der Waals surface area contributed by atoms with Gasteiger partial charge in [-0.1, -0.05) is 13.3 Å². The third-order valence-electron chi connectivity index (χ3n) is 1.72. The molecular weight excluding hydrogens is 148 g/mol. The van der Waals surface area contributed by atoms with Gasteiger partial charge in [-0.3, -0.25) is 4.99 Å². The molecule has 0 atom stereocenters. The van der Waals surface area contributed by atoms with Crippen LogP contribution in [0.3, 0.4) is 0 Å². The van der Waals surface area contributed by atoms with Gasteiger partial charge in [0.1, 0.15) is 0 Å². The van der Waals surface area contributed by atoms with E-state index in [-0.39, 0.29) is 0 Å². The molecule has 2 nitrogen and oxygen atoms in total. The molecule has 0 unspecified atom stereocenters. The molecule has 1 heterocycles. The van der Waals surface area contributed by atoms with Crippen molar-refractivity contribution in [1.82, 2.24) is 4.98 Å². The third kappa shape index (κ3) is 3.37. The van der Waals surface area contributed by atoms with Crippen LogP contribution in [0.25, 0.3) is 0 Å². The molecule has 1 N–H and O–H groups in total. The molecule has 12 heavy (non-hydrogen) atoms. The molecule has 0 fully saturated rings. The summed E-state index contributed by atoms with van der Waals surface area (Å²) in [5.41, 5.74) is 1.27. The Morgan fingerprint density at radius 2 is 2.50 bits per heavy atom. The van der Waals surface area contributed by atoms with Crippen molar-refractivity contribution >= 4 is 6.21 Å². The van der Waals surface area contributed by atoms with Crippen LogP contribution in [0.2, 0.25) is 0 Å². The molecule has 0 aliphatic rings. The molecule has 0 aromatic carbocycles. The normalized spacial score (nSPS) is 11.1. The minimum atomic E-state index is 0.903. The van der Waals surface area contributed by atoms with E-state index >= 15 is 0 Å². The quantitative estimate of drug-likeness (QED) is 0.647. The van der Waals surface area contributed by atoms with Crippen LogP contribution in [-0.4, -0.2) is 17.7 Å². The number of rotatable bonds is 5. The fourth-order valence-electron chi connectivity index (χ4n) is 1.02. The van der Waals surface area contributed by atoms with Crippen molar-refractivity contribution in [2.45, 2.75) is 26.2 Å². The van der Waals surface area contributed by atoms with Gasteiger partial charge in [-0.2, -0.15) is 0 Å². The zero-order valence-electron chi connectivity index (χ0n) is 7.59. The second-order valence-corrected chi connectivity index (χ2v) is 2.82. The first kappa shape index (κ1) is 9.04. The summed E-state index contributed by atoms with van der Waals surface area (Å²) in [4.78, 5) is 7.45. The number of hydrogen-bond donors (Lipinski definition) is 1. The Morgan fingerprint density at radius 1 is 1.58 bits per heavy atom. The maximum absolute atomic E-state index is 4.29. The lowest BCUT2D eigenvalue weighted by Gasteiger charge is -1.91. The largest absolute Gasteiger partial charge is 0.365 e. The summed E-state index contributed by atoms with van der Waals surface area (Å²) in [6.07, 6.45) is 7.28. The van der Waals surface area contributed by atoms with E-state index in [2.05, 4.69) is 23.0 Å². The molecule has 0 radical (unpaired) electrons. The van der Waals surface area contributed by atoms with E-state index < -0.39 is 0 Å². The molecule has 66 valence electrons. The van der Waals surface area contributed by atoms with E-state index in [9.17, 15) is 0 Å². The fourth-order valence-corrected chi connectivity index (χ4v) is 1.02. The van der Waals surface area contributed by atoms with Crippen molar-refractivity contribution in [1.29, 1.82) is 0 Å². The number of aromatic amines is 1. The first-order valence-corrected chi connectivity index (χ1v) is 4.54. The average Bonchev–Trinajstić information content (AvgIpc) is 2.57. The summed E-state index contributed by atoms with van der Waals surface area (Å²) in [7, 11) is 0. The highest BCUT2D eigenvalue weighted by Crippen LogP contribution is 1.95. The van der Waals surface area contributed by atoms with E-state index in [0.29, 0.717) is 0 Å². The first-order chi connectivity index (χ1) is 5.93. The Balaban J connectivity index is 2.11. The summed E-state index contributed by atoms with van der Waals surface area (Å²) < 4.78 is 0. The van der Waals surface area contributed by atoms with E-state index in [0.717, 1.165) is 19.4 Å². The fraction of sp³-hybridized carbons (Fsp3) is 0.500. The lowest BCUT2D eigenvalue weighted by Crippen LogP contribution is -1.89. The Labute approximate surface area is 73.7 Å². The Hall–Kier alpha value is -1.05. The summed E-state index contributed by atoms with van der Waals surface area (Å²) in [6, 6.07) is 4.11.